The maximum absolute atomic E-state index is 10.7. The molecule has 2 unspecified atom stereocenters. The van der Waals surface area contributed by atoms with Crippen LogP contribution >= 0.6 is 0 Å². The van der Waals surface area contributed by atoms with Crippen LogP contribution in [0.1, 0.15) is 27.2 Å². The fraction of sp³-hybridized carbons (Fsp3) is 0.889. The zero-order valence-corrected chi connectivity index (χ0v) is 9.21. The van der Waals surface area contributed by atoms with Crippen LogP contribution in [-0.2, 0) is 4.79 Å². The topological polar surface area (TPSA) is 85.5 Å². The molecule has 15 heavy (non-hydrogen) atoms. The molecular formula is C9H17N3O3. The summed E-state index contributed by atoms with van der Waals surface area (Å²) >= 11 is 0. The highest BCUT2D eigenvalue weighted by atomic mass is 16.4. The molecule has 6 heteroatoms. The number of rotatable bonds is 4. The van der Waals surface area contributed by atoms with Crippen LogP contribution in [0.5, 0.6) is 0 Å². The number of carboxylic acids is 1. The molecule has 0 aliphatic carbocycles. The maximum Gasteiger partial charge on any atom is 0.330 e. The Hall–Kier alpha value is -1.01. The molecule has 0 saturated heterocycles. The molecule has 0 radical (unpaired) electrons. The molecule has 0 amide bonds. The van der Waals surface area contributed by atoms with Crippen molar-refractivity contribution in [2.24, 2.45) is 10.2 Å². The molecule has 0 bridgehead atoms. The molecule has 0 spiro atoms. The number of hydrogen-bond acceptors (Lipinski definition) is 5. The second kappa shape index (κ2) is 4.24. The van der Waals surface area contributed by atoms with Crippen LogP contribution in [0.4, 0.5) is 0 Å². The number of carboxylic acid groups (broad SMARTS) is 1. The second-order valence-corrected chi connectivity index (χ2v) is 3.93. The summed E-state index contributed by atoms with van der Waals surface area (Å²) in [5, 5.41) is 26.2. The van der Waals surface area contributed by atoms with Gasteiger partial charge in [-0.15, -0.1) is 5.11 Å². The van der Waals surface area contributed by atoms with Crippen molar-refractivity contribution in [1.82, 2.24) is 4.90 Å². The summed E-state index contributed by atoms with van der Waals surface area (Å²) in [6, 6.07) is -0.839. The minimum atomic E-state index is -1.45. The molecule has 2 atom stereocenters. The number of carbonyl (C=O) groups is 1. The Bertz CT molecular complexity index is 280. The van der Waals surface area contributed by atoms with E-state index >= 15 is 0 Å². The van der Waals surface area contributed by atoms with Crippen molar-refractivity contribution in [2.75, 3.05) is 6.54 Å². The molecule has 1 heterocycles. The summed E-state index contributed by atoms with van der Waals surface area (Å²) in [5.41, 5.74) is 0. The first kappa shape index (κ1) is 12.1. The van der Waals surface area contributed by atoms with Gasteiger partial charge in [-0.1, -0.05) is 6.92 Å². The Morgan fingerprint density at radius 2 is 2.27 bits per heavy atom. The van der Waals surface area contributed by atoms with E-state index in [0.29, 0.717) is 6.54 Å². The van der Waals surface area contributed by atoms with Crippen molar-refractivity contribution in [3.8, 4) is 0 Å². The fourth-order valence-corrected chi connectivity index (χ4v) is 1.85. The van der Waals surface area contributed by atoms with Crippen LogP contribution in [0.15, 0.2) is 10.2 Å². The van der Waals surface area contributed by atoms with E-state index in [-0.39, 0.29) is 12.5 Å². The van der Waals surface area contributed by atoms with Crippen molar-refractivity contribution >= 4 is 5.97 Å². The summed E-state index contributed by atoms with van der Waals surface area (Å²) in [6.07, 6.45) is 0.0222. The van der Waals surface area contributed by atoms with Crippen LogP contribution < -0.4 is 0 Å². The van der Waals surface area contributed by atoms with Gasteiger partial charge in [0, 0.05) is 19.0 Å². The highest BCUT2D eigenvalue weighted by Gasteiger charge is 2.44. The van der Waals surface area contributed by atoms with E-state index < -0.39 is 17.9 Å². The molecule has 0 aromatic heterocycles. The number of aliphatic hydroxyl groups is 1. The molecule has 0 fully saturated rings. The summed E-state index contributed by atoms with van der Waals surface area (Å²) < 4.78 is 0. The lowest BCUT2D eigenvalue weighted by atomic mass is 10.1. The van der Waals surface area contributed by atoms with Crippen LogP contribution in [0.25, 0.3) is 0 Å². The Morgan fingerprint density at radius 3 is 2.60 bits per heavy atom. The third-order valence-electron chi connectivity index (χ3n) is 2.53. The predicted molar refractivity (Wildman–Crippen MR) is 53.4 cm³/mol. The van der Waals surface area contributed by atoms with Crippen molar-refractivity contribution < 1.29 is 15.0 Å². The lowest BCUT2D eigenvalue weighted by molar-refractivity contribution is -0.143. The van der Waals surface area contributed by atoms with E-state index in [9.17, 15) is 9.90 Å². The first-order valence-electron chi connectivity index (χ1n) is 5.04. The van der Waals surface area contributed by atoms with Crippen LogP contribution in [0.2, 0.25) is 0 Å². The van der Waals surface area contributed by atoms with Crippen molar-refractivity contribution in [3.05, 3.63) is 0 Å². The van der Waals surface area contributed by atoms with Crippen molar-refractivity contribution in [3.63, 3.8) is 0 Å². The SMILES string of the molecule is CCN(C(C)C)C1(O)CC(C(=O)O)N=N1. The third kappa shape index (κ3) is 2.32. The number of aliphatic carboxylic acids is 1. The molecule has 0 aromatic rings. The van der Waals surface area contributed by atoms with E-state index in [0.717, 1.165) is 0 Å². The standard InChI is InChI=1S/C9H17N3O3/c1-4-12(6(2)3)9(15)5-7(8(13)14)10-11-9/h6-7,15H,4-5H2,1-3H3,(H,13,14). The second-order valence-electron chi connectivity index (χ2n) is 3.93. The van der Waals surface area contributed by atoms with Gasteiger partial charge in [0.15, 0.2) is 6.04 Å². The summed E-state index contributed by atoms with van der Waals surface area (Å²) in [4.78, 5) is 12.4. The predicted octanol–water partition coefficient (Wildman–Crippen LogP) is 0.672. The summed E-state index contributed by atoms with van der Waals surface area (Å²) in [7, 11) is 0. The van der Waals surface area contributed by atoms with E-state index in [2.05, 4.69) is 10.2 Å². The van der Waals surface area contributed by atoms with Gasteiger partial charge in [0.2, 0.25) is 5.85 Å². The Labute approximate surface area is 88.6 Å². The van der Waals surface area contributed by atoms with E-state index in [4.69, 9.17) is 5.11 Å². The minimum Gasteiger partial charge on any atom is -0.480 e. The van der Waals surface area contributed by atoms with Crippen LogP contribution in [0.3, 0.4) is 0 Å². The van der Waals surface area contributed by atoms with Gasteiger partial charge in [0.1, 0.15) is 0 Å². The smallest absolute Gasteiger partial charge is 0.330 e. The average Bonchev–Trinajstić information content (AvgIpc) is 2.49. The number of nitrogens with zero attached hydrogens (tertiary/aromatic N) is 3. The Kier molecular flexibility index (Phi) is 3.41. The Morgan fingerprint density at radius 1 is 1.67 bits per heavy atom. The summed E-state index contributed by atoms with van der Waals surface area (Å²) in [6.45, 7) is 6.33. The quantitative estimate of drug-likeness (QED) is 0.675. The van der Waals surface area contributed by atoms with Gasteiger partial charge in [-0.05, 0) is 13.8 Å². The molecule has 6 nitrogen and oxygen atoms in total. The average molecular weight is 215 g/mol. The number of hydrogen-bond donors (Lipinski definition) is 2. The zero-order valence-electron chi connectivity index (χ0n) is 9.21. The minimum absolute atomic E-state index is 0.0222. The normalized spacial score (nSPS) is 30.4. The highest BCUT2D eigenvalue weighted by molar-refractivity contribution is 5.73. The largest absolute Gasteiger partial charge is 0.480 e. The maximum atomic E-state index is 10.7. The highest BCUT2D eigenvalue weighted by Crippen LogP contribution is 2.30. The first-order chi connectivity index (χ1) is 6.90. The monoisotopic (exact) mass is 215 g/mol. The van der Waals surface area contributed by atoms with Crippen molar-refractivity contribution in [2.45, 2.75) is 45.1 Å². The van der Waals surface area contributed by atoms with Gasteiger partial charge in [-0.25, -0.2) is 4.79 Å². The third-order valence-corrected chi connectivity index (χ3v) is 2.53. The summed E-state index contributed by atoms with van der Waals surface area (Å²) in [5.74, 6) is -2.50. The van der Waals surface area contributed by atoms with Gasteiger partial charge >= 0.3 is 5.97 Å². The molecule has 0 aromatic carbocycles. The molecule has 86 valence electrons. The number of azo groups is 1. The fourth-order valence-electron chi connectivity index (χ4n) is 1.85. The molecule has 1 rings (SSSR count). The van der Waals surface area contributed by atoms with Crippen LogP contribution in [0, 0.1) is 0 Å². The van der Waals surface area contributed by atoms with E-state index in [1.165, 1.54) is 0 Å². The molecule has 2 N–H and O–H groups in total. The molecule has 1 aliphatic rings. The Balaban J connectivity index is 2.78. The lowest BCUT2D eigenvalue weighted by Crippen LogP contribution is -2.50. The zero-order chi connectivity index (χ0) is 11.6. The van der Waals surface area contributed by atoms with E-state index in [1.54, 1.807) is 4.90 Å². The van der Waals surface area contributed by atoms with Gasteiger partial charge in [-0.2, -0.15) is 5.11 Å². The van der Waals surface area contributed by atoms with E-state index in [1.807, 2.05) is 20.8 Å². The van der Waals surface area contributed by atoms with Crippen molar-refractivity contribution in [1.29, 1.82) is 0 Å². The van der Waals surface area contributed by atoms with Gasteiger partial charge in [0.25, 0.3) is 0 Å². The van der Waals surface area contributed by atoms with Gasteiger partial charge in [0.05, 0.1) is 0 Å². The van der Waals surface area contributed by atoms with Crippen LogP contribution in [-0.4, -0.2) is 45.6 Å². The first-order valence-corrected chi connectivity index (χ1v) is 5.04. The molecular weight excluding hydrogens is 198 g/mol. The van der Waals surface area contributed by atoms with Gasteiger partial charge < -0.3 is 10.2 Å². The molecule has 1 aliphatic heterocycles. The lowest BCUT2D eigenvalue weighted by Gasteiger charge is -2.35. The molecule has 0 saturated carbocycles. The van der Waals surface area contributed by atoms with Gasteiger partial charge in [-0.3, -0.25) is 4.90 Å².